The van der Waals surface area contributed by atoms with E-state index in [4.69, 9.17) is 13.9 Å². The predicted molar refractivity (Wildman–Crippen MR) is 117 cm³/mol. The summed E-state index contributed by atoms with van der Waals surface area (Å²) in [5.41, 5.74) is 1.08. The molecule has 0 aliphatic heterocycles. The molecule has 3 aromatic rings. The highest BCUT2D eigenvalue weighted by Gasteiger charge is 2.23. The molecule has 2 N–H and O–H groups in total. The molecule has 1 atom stereocenters. The van der Waals surface area contributed by atoms with E-state index in [-0.39, 0.29) is 23.4 Å². The Labute approximate surface area is 189 Å². The Morgan fingerprint density at radius 3 is 2.36 bits per heavy atom. The lowest BCUT2D eigenvalue weighted by molar-refractivity contribution is -0.145. The monoisotopic (exact) mass is 450 g/mol. The van der Waals surface area contributed by atoms with Gasteiger partial charge in [-0.05, 0) is 29.8 Å². The van der Waals surface area contributed by atoms with Gasteiger partial charge in [0.15, 0.2) is 12.4 Å². The number of methoxy groups -OCH3 is 1. The van der Waals surface area contributed by atoms with Crippen LogP contribution in [0.5, 0.6) is 0 Å². The lowest BCUT2D eigenvalue weighted by Gasteiger charge is -2.17. The first kappa shape index (κ1) is 23.3. The fraction of sp³-hybridized carbons (Fsp3) is 0.167. The lowest BCUT2D eigenvalue weighted by Crippen LogP contribution is -2.44. The first-order valence-corrected chi connectivity index (χ1v) is 10.00. The van der Waals surface area contributed by atoms with Crippen molar-refractivity contribution in [2.45, 2.75) is 12.5 Å². The second-order valence-corrected chi connectivity index (χ2v) is 6.89. The van der Waals surface area contributed by atoms with E-state index < -0.39 is 36.4 Å². The summed E-state index contributed by atoms with van der Waals surface area (Å²) in [4.78, 5) is 49.2. The molecule has 0 aliphatic carbocycles. The second kappa shape index (κ2) is 11.3. The average molecular weight is 450 g/mol. The number of para-hydroxylation sites is 1. The quantitative estimate of drug-likeness (QED) is 0.480. The summed E-state index contributed by atoms with van der Waals surface area (Å²) in [5.74, 6) is -2.58. The van der Waals surface area contributed by atoms with Crippen LogP contribution < -0.4 is 10.6 Å². The van der Waals surface area contributed by atoms with Crippen LogP contribution in [-0.4, -0.2) is 43.5 Å². The number of benzene rings is 2. The minimum Gasteiger partial charge on any atom is -0.467 e. The Kier molecular flexibility index (Phi) is 7.96. The van der Waals surface area contributed by atoms with Crippen LogP contribution in [0.1, 0.15) is 26.5 Å². The molecule has 0 saturated carbocycles. The molecule has 170 valence electrons. The zero-order valence-corrected chi connectivity index (χ0v) is 17.8. The van der Waals surface area contributed by atoms with Crippen LogP contribution >= 0.6 is 0 Å². The Balaban J connectivity index is 1.60. The molecule has 9 heteroatoms. The van der Waals surface area contributed by atoms with Crippen LogP contribution in [0.25, 0.3) is 0 Å². The van der Waals surface area contributed by atoms with Crippen molar-refractivity contribution in [3.63, 3.8) is 0 Å². The molecular formula is C24H22N2O7. The van der Waals surface area contributed by atoms with Crippen molar-refractivity contribution in [2.75, 3.05) is 19.0 Å². The van der Waals surface area contributed by atoms with E-state index in [0.717, 1.165) is 5.56 Å². The highest BCUT2D eigenvalue weighted by atomic mass is 16.5. The summed E-state index contributed by atoms with van der Waals surface area (Å²) in [6.45, 7) is -0.623. The van der Waals surface area contributed by atoms with Crippen LogP contribution in [0.2, 0.25) is 0 Å². The lowest BCUT2D eigenvalue weighted by atomic mass is 10.1. The number of carbonyl (C=O) groups excluding carboxylic acids is 4. The van der Waals surface area contributed by atoms with Gasteiger partial charge in [-0.1, -0.05) is 42.5 Å². The number of hydrogen-bond donors (Lipinski definition) is 2. The number of furan rings is 1. The molecule has 3 rings (SSSR count). The first-order valence-electron chi connectivity index (χ1n) is 10.00. The Morgan fingerprint density at radius 2 is 1.67 bits per heavy atom. The van der Waals surface area contributed by atoms with Crippen LogP contribution in [0.3, 0.4) is 0 Å². The fourth-order valence-electron chi connectivity index (χ4n) is 2.99. The summed E-state index contributed by atoms with van der Waals surface area (Å²) in [6, 6.07) is 17.4. The van der Waals surface area contributed by atoms with E-state index in [1.165, 1.54) is 31.6 Å². The third kappa shape index (κ3) is 6.54. The summed E-state index contributed by atoms with van der Waals surface area (Å²) >= 11 is 0. The molecule has 2 amide bonds. The maximum Gasteiger partial charge on any atom is 0.340 e. The molecule has 0 fully saturated rings. The minimum absolute atomic E-state index is 0.0546. The maximum atomic E-state index is 12.5. The van der Waals surface area contributed by atoms with Crippen LogP contribution in [0.4, 0.5) is 5.69 Å². The van der Waals surface area contributed by atoms with Gasteiger partial charge in [-0.25, -0.2) is 9.59 Å². The second-order valence-electron chi connectivity index (χ2n) is 6.89. The molecular weight excluding hydrogens is 428 g/mol. The highest BCUT2D eigenvalue weighted by molar-refractivity contribution is 6.06. The number of esters is 2. The van der Waals surface area contributed by atoms with Crippen molar-refractivity contribution in [2.24, 2.45) is 0 Å². The van der Waals surface area contributed by atoms with Gasteiger partial charge in [0.25, 0.3) is 11.8 Å². The van der Waals surface area contributed by atoms with Crippen molar-refractivity contribution >= 4 is 29.4 Å². The SMILES string of the molecule is COC(=O)[C@@H](Cc1ccccc1)NC(=O)COC(=O)c1ccccc1NC(=O)c1ccco1. The zero-order valence-electron chi connectivity index (χ0n) is 17.8. The topological polar surface area (TPSA) is 124 Å². The van der Waals surface area contributed by atoms with Gasteiger partial charge < -0.3 is 24.5 Å². The van der Waals surface area contributed by atoms with E-state index >= 15 is 0 Å². The molecule has 0 spiro atoms. The Morgan fingerprint density at radius 1 is 0.939 bits per heavy atom. The standard InChI is InChI=1S/C24H22N2O7/c1-31-24(30)19(14-16-8-3-2-4-9-16)25-21(27)15-33-23(29)17-10-5-6-11-18(17)26-22(28)20-12-7-13-32-20/h2-13,19H,14-15H2,1H3,(H,25,27)(H,26,28)/t19-/m1/s1. The van der Waals surface area contributed by atoms with Gasteiger partial charge in [-0.15, -0.1) is 0 Å². The summed E-state index contributed by atoms with van der Waals surface area (Å²) in [5, 5.41) is 5.08. The minimum atomic E-state index is -0.941. The third-order valence-corrected chi connectivity index (χ3v) is 4.58. The number of anilines is 1. The highest BCUT2D eigenvalue weighted by Crippen LogP contribution is 2.17. The molecule has 1 aromatic heterocycles. The largest absolute Gasteiger partial charge is 0.467 e. The van der Waals surface area contributed by atoms with E-state index in [1.807, 2.05) is 30.3 Å². The predicted octanol–water partition coefficient (Wildman–Crippen LogP) is 2.59. The molecule has 0 bridgehead atoms. The van der Waals surface area contributed by atoms with Crippen LogP contribution in [0, 0.1) is 0 Å². The number of ether oxygens (including phenoxy) is 2. The van der Waals surface area contributed by atoms with E-state index in [0.29, 0.717) is 0 Å². The van der Waals surface area contributed by atoms with Gasteiger partial charge in [0, 0.05) is 6.42 Å². The summed E-state index contributed by atoms with van der Waals surface area (Å²) < 4.78 is 14.9. The molecule has 0 aliphatic rings. The maximum absolute atomic E-state index is 12.5. The van der Waals surface area contributed by atoms with E-state index in [1.54, 1.807) is 18.2 Å². The van der Waals surface area contributed by atoms with Crippen molar-refractivity contribution in [1.82, 2.24) is 5.32 Å². The van der Waals surface area contributed by atoms with Crippen molar-refractivity contribution in [3.05, 3.63) is 89.9 Å². The molecule has 1 heterocycles. The molecule has 0 unspecified atom stereocenters. The van der Waals surface area contributed by atoms with Gasteiger partial charge in [-0.2, -0.15) is 0 Å². The van der Waals surface area contributed by atoms with Gasteiger partial charge in [-0.3, -0.25) is 9.59 Å². The summed E-state index contributed by atoms with van der Waals surface area (Å²) in [6.07, 6.45) is 1.57. The Hall–Kier alpha value is -4.40. The normalized spacial score (nSPS) is 11.2. The average Bonchev–Trinajstić information content (AvgIpc) is 3.38. The fourth-order valence-corrected chi connectivity index (χ4v) is 2.99. The third-order valence-electron chi connectivity index (χ3n) is 4.58. The van der Waals surface area contributed by atoms with E-state index in [9.17, 15) is 19.2 Å². The van der Waals surface area contributed by atoms with Crippen molar-refractivity contribution in [1.29, 1.82) is 0 Å². The van der Waals surface area contributed by atoms with Gasteiger partial charge in [0.05, 0.1) is 24.6 Å². The Bertz CT molecular complexity index is 1110. The number of nitrogens with one attached hydrogen (secondary N) is 2. The zero-order chi connectivity index (χ0) is 23.6. The first-order chi connectivity index (χ1) is 16.0. The number of hydrogen-bond acceptors (Lipinski definition) is 7. The molecule has 2 aromatic carbocycles. The van der Waals surface area contributed by atoms with E-state index in [2.05, 4.69) is 10.6 Å². The van der Waals surface area contributed by atoms with Gasteiger partial charge in [0.2, 0.25) is 0 Å². The molecule has 0 radical (unpaired) electrons. The number of amides is 2. The van der Waals surface area contributed by atoms with Gasteiger partial charge >= 0.3 is 11.9 Å². The van der Waals surface area contributed by atoms with Gasteiger partial charge in [0.1, 0.15) is 6.04 Å². The molecule has 9 nitrogen and oxygen atoms in total. The number of carbonyl (C=O) groups is 4. The summed E-state index contributed by atoms with van der Waals surface area (Å²) in [7, 11) is 1.22. The van der Waals surface area contributed by atoms with Crippen LogP contribution in [0.15, 0.2) is 77.4 Å². The molecule has 0 saturated heterocycles. The smallest absolute Gasteiger partial charge is 0.340 e. The van der Waals surface area contributed by atoms with Crippen molar-refractivity contribution in [3.8, 4) is 0 Å². The van der Waals surface area contributed by atoms with Crippen LogP contribution in [-0.2, 0) is 25.5 Å². The van der Waals surface area contributed by atoms with Crippen molar-refractivity contribution < 1.29 is 33.1 Å². The number of rotatable bonds is 9. The molecule has 33 heavy (non-hydrogen) atoms.